The van der Waals surface area contributed by atoms with Crippen molar-refractivity contribution in [1.29, 1.82) is 0 Å². The minimum atomic E-state index is -0.374. The number of anilines is 1. The first-order valence-corrected chi connectivity index (χ1v) is 7.54. The Morgan fingerprint density at radius 2 is 2.00 bits per heavy atom. The summed E-state index contributed by atoms with van der Waals surface area (Å²) in [7, 11) is 0. The van der Waals surface area contributed by atoms with Crippen LogP contribution >= 0.6 is 11.8 Å². The highest BCUT2D eigenvalue weighted by atomic mass is 32.2. The summed E-state index contributed by atoms with van der Waals surface area (Å²) in [6, 6.07) is 13.5. The van der Waals surface area contributed by atoms with Gasteiger partial charge in [-0.1, -0.05) is 24.3 Å². The Morgan fingerprint density at radius 1 is 1.19 bits per heavy atom. The van der Waals surface area contributed by atoms with Gasteiger partial charge in [-0.3, -0.25) is 0 Å². The van der Waals surface area contributed by atoms with Crippen LogP contribution in [0.15, 0.2) is 59.6 Å². The average Bonchev–Trinajstić information content (AvgIpc) is 2.49. The van der Waals surface area contributed by atoms with Gasteiger partial charge in [0.25, 0.3) is 0 Å². The van der Waals surface area contributed by atoms with Crippen LogP contribution in [-0.2, 0) is 0 Å². The van der Waals surface area contributed by atoms with Crippen LogP contribution < -0.4 is 10.6 Å². The second-order valence-corrected chi connectivity index (χ2v) is 5.06. The van der Waals surface area contributed by atoms with Crippen molar-refractivity contribution in [3.05, 3.63) is 66.1 Å². The molecular weight excluding hydrogens is 287 g/mol. The number of amides is 2. The molecule has 2 aromatic rings. The standard InChI is InChI=1S/C16H15FN2OS/c1-21-14-7-4-6-13(11-14)19-16(20)18-10-9-12-5-2-3-8-15(12)17/h2-11H,1H3,(H2,18,19,20)/b10-9+. The summed E-state index contributed by atoms with van der Waals surface area (Å²) in [5.74, 6) is -0.330. The lowest BCUT2D eigenvalue weighted by Crippen LogP contribution is -2.23. The molecule has 0 spiro atoms. The first-order valence-electron chi connectivity index (χ1n) is 6.31. The number of carbonyl (C=O) groups excluding carboxylic acids is 1. The molecule has 2 rings (SSSR count). The Labute approximate surface area is 127 Å². The number of nitrogens with one attached hydrogen (secondary N) is 2. The summed E-state index contributed by atoms with van der Waals surface area (Å²) >= 11 is 1.60. The highest BCUT2D eigenvalue weighted by Crippen LogP contribution is 2.18. The molecule has 0 bridgehead atoms. The van der Waals surface area contributed by atoms with Crippen molar-refractivity contribution in [2.24, 2.45) is 0 Å². The van der Waals surface area contributed by atoms with E-state index in [1.54, 1.807) is 36.0 Å². The Morgan fingerprint density at radius 3 is 2.76 bits per heavy atom. The number of halogens is 1. The third-order valence-corrected chi connectivity index (χ3v) is 3.44. The lowest BCUT2D eigenvalue weighted by molar-refractivity contribution is 0.255. The highest BCUT2D eigenvalue weighted by Gasteiger charge is 2.00. The summed E-state index contributed by atoms with van der Waals surface area (Å²) in [6.07, 6.45) is 4.88. The van der Waals surface area contributed by atoms with E-state index in [1.807, 2.05) is 24.5 Å². The van der Waals surface area contributed by atoms with Crippen LogP contribution in [0, 0.1) is 5.82 Å². The molecule has 0 aliphatic heterocycles. The Bertz CT molecular complexity index is 658. The summed E-state index contributed by atoms with van der Waals surface area (Å²) in [6.45, 7) is 0. The molecule has 0 aromatic heterocycles. The average molecular weight is 302 g/mol. The summed E-state index contributed by atoms with van der Waals surface area (Å²) in [5, 5.41) is 5.25. The third kappa shape index (κ3) is 4.65. The maximum atomic E-state index is 13.4. The lowest BCUT2D eigenvalue weighted by Gasteiger charge is -2.05. The number of thioether (sulfide) groups is 1. The fourth-order valence-electron chi connectivity index (χ4n) is 1.69. The molecule has 0 heterocycles. The van der Waals surface area contributed by atoms with Gasteiger partial charge in [0.05, 0.1) is 0 Å². The molecule has 5 heteroatoms. The topological polar surface area (TPSA) is 41.1 Å². The second kappa shape index (κ2) is 7.50. The second-order valence-electron chi connectivity index (χ2n) is 4.19. The monoisotopic (exact) mass is 302 g/mol. The summed E-state index contributed by atoms with van der Waals surface area (Å²) in [5.41, 5.74) is 1.13. The number of carbonyl (C=O) groups is 1. The SMILES string of the molecule is CSc1cccc(NC(=O)N/C=C/c2ccccc2F)c1. The van der Waals surface area contributed by atoms with E-state index < -0.39 is 0 Å². The maximum absolute atomic E-state index is 13.4. The molecule has 0 aliphatic carbocycles. The van der Waals surface area contributed by atoms with Gasteiger partial charge in [0.15, 0.2) is 0 Å². The Balaban J connectivity index is 1.91. The van der Waals surface area contributed by atoms with Gasteiger partial charge in [-0.25, -0.2) is 9.18 Å². The predicted molar refractivity (Wildman–Crippen MR) is 85.8 cm³/mol. The van der Waals surface area contributed by atoms with E-state index >= 15 is 0 Å². The molecule has 0 fully saturated rings. The van der Waals surface area contributed by atoms with Crippen molar-refractivity contribution in [2.45, 2.75) is 4.90 Å². The molecule has 0 unspecified atom stereocenters. The van der Waals surface area contributed by atoms with Gasteiger partial charge in [-0.15, -0.1) is 11.8 Å². The molecule has 2 amide bonds. The highest BCUT2D eigenvalue weighted by molar-refractivity contribution is 7.98. The molecule has 0 atom stereocenters. The largest absolute Gasteiger partial charge is 0.323 e. The minimum Gasteiger partial charge on any atom is -0.314 e. The maximum Gasteiger partial charge on any atom is 0.323 e. The van der Waals surface area contributed by atoms with Crippen LogP contribution in [0.25, 0.3) is 6.08 Å². The van der Waals surface area contributed by atoms with E-state index in [0.717, 1.165) is 4.90 Å². The van der Waals surface area contributed by atoms with Gasteiger partial charge in [-0.2, -0.15) is 0 Å². The number of hydrogen-bond acceptors (Lipinski definition) is 2. The zero-order chi connectivity index (χ0) is 15.1. The zero-order valence-electron chi connectivity index (χ0n) is 11.5. The number of hydrogen-bond donors (Lipinski definition) is 2. The van der Waals surface area contributed by atoms with Crippen molar-refractivity contribution in [3.63, 3.8) is 0 Å². The van der Waals surface area contributed by atoms with Gasteiger partial charge < -0.3 is 10.6 Å². The molecule has 3 nitrogen and oxygen atoms in total. The number of urea groups is 1. The van der Waals surface area contributed by atoms with Crippen molar-refractivity contribution in [3.8, 4) is 0 Å². The normalized spacial score (nSPS) is 10.6. The molecule has 0 saturated carbocycles. The van der Waals surface area contributed by atoms with Gasteiger partial charge >= 0.3 is 6.03 Å². The summed E-state index contributed by atoms with van der Waals surface area (Å²) < 4.78 is 13.4. The van der Waals surface area contributed by atoms with Crippen LogP contribution in [0.5, 0.6) is 0 Å². The molecular formula is C16H15FN2OS. The lowest BCUT2D eigenvalue weighted by atomic mass is 10.2. The van der Waals surface area contributed by atoms with Gasteiger partial charge in [0.1, 0.15) is 5.82 Å². The van der Waals surface area contributed by atoms with Crippen LogP contribution in [0.3, 0.4) is 0 Å². The Kier molecular flexibility index (Phi) is 5.40. The van der Waals surface area contributed by atoms with E-state index in [-0.39, 0.29) is 11.8 Å². The third-order valence-electron chi connectivity index (χ3n) is 2.71. The van der Waals surface area contributed by atoms with Gasteiger partial charge in [0, 0.05) is 22.3 Å². The van der Waals surface area contributed by atoms with E-state index in [9.17, 15) is 9.18 Å². The first-order chi connectivity index (χ1) is 10.2. The summed E-state index contributed by atoms with van der Waals surface area (Å²) in [4.78, 5) is 12.8. The van der Waals surface area contributed by atoms with E-state index in [1.165, 1.54) is 18.3 Å². The van der Waals surface area contributed by atoms with Gasteiger partial charge in [0.2, 0.25) is 0 Å². The van der Waals surface area contributed by atoms with E-state index in [2.05, 4.69) is 10.6 Å². The zero-order valence-corrected chi connectivity index (χ0v) is 12.3. The van der Waals surface area contributed by atoms with E-state index in [4.69, 9.17) is 0 Å². The first kappa shape index (κ1) is 15.1. The molecule has 2 aromatic carbocycles. The molecule has 108 valence electrons. The molecule has 2 N–H and O–H groups in total. The van der Waals surface area contributed by atoms with Gasteiger partial charge in [-0.05, 0) is 36.6 Å². The molecule has 21 heavy (non-hydrogen) atoms. The molecule has 0 radical (unpaired) electrons. The van der Waals surface area contributed by atoms with E-state index in [0.29, 0.717) is 11.3 Å². The predicted octanol–water partition coefficient (Wildman–Crippen LogP) is 4.34. The van der Waals surface area contributed by atoms with Crippen molar-refractivity contribution >= 4 is 29.6 Å². The van der Waals surface area contributed by atoms with Crippen molar-refractivity contribution in [1.82, 2.24) is 5.32 Å². The number of benzene rings is 2. The van der Waals surface area contributed by atoms with Crippen LogP contribution in [0.2, 0.25) is 0 Å². The van der Waals surface area contributed by atoms with Crippen molar-refractivity contribution < 1.29 is 9.18 Å². The Hall–Kier alpha value is -2.27. The van der Waals surface area contributed by atoms with Crippen molar-refractivity contribution in [2.75, 3.05) is 11.6 Å². The molecule has 0 aliphatic rings. The fraction of sp³-hybridized carbons (Fsp3) is 0.0625. The fourth-order valence-corrected chi connectivity index (χ4v) is 2.14. The van der Waals surface area contributed by atoms with Crippen LogP contribution in [-0.4, -0.2) is 12.3 Å². The molecule has 0 saturated heterocycles. The minimum absolute atomic E-state index is 0.330. The van der Waals surface area contributed by atoms with Crippen LogP contribution in [0.4, 0.5) is 14.9 Å². The quantitative estimate of drug-likeness (QED) is 0.825. The smallest absolute Gasteiger partial charge is 0.314 e. The number of rotatable bonds is 4. The van der Waals surface area contributed by atoms with Crippen LogP contribution in [0.1, 0.15) is 5.56 Å².